The Morgan fingerprint density at radius 3 is 3.06 bits per heavy atom. The maximum absolute atomic E-state index is 11.6. The van der Waals surface area contributed by atoms with E-state index in [0.717, 1.165) is 24.0 Å². The third-order valence-electron chi connectivity index (χ3n) is 2.62. The first-order valence-electron chi connectivity index (χ1n) is 5.28. The molecule has 0 fully saturated rings. The summed E-state index contributed by atoms with van der Waals surface area (Å²) in [5.41, 5.74) is 2.52. The molecule has 4 nitrogen and oxygen atoms in total. The molecule has 0 saturated heterocycles. The fourth-order valence-electron chi connectivity index (χ4n) is 1.89. The van der Waals surface area contributed by atoms with Crippen molar-refractivity contribution in [2.24, 2.45) is 0 Å². The van der Waals surface area contributed by atoms with Crippen molar-refractivity contribution in [1.82, 2.24) is 0 Å². The van der Waals surface area contributed by atoms with E-state index < -0.39 is 0 Å². The van der Waals surface area contributed by atoms with Gasteiger partial charge in [-0.25, -0.2) is 4.79 Å². The number of aldehydes is 1. The van der Waals surface area contributed by atoms with E-state index in [0.29, 0.717) is 18.7 Å². The Morgan fingerprint density at radius 1 is 1.56 bits per heavy atom. The van der Waals surface area contributed by atoms with Crippen LogP contribution in [0.3, 0.4) is 0 Å². The van der Waals surface area contributed by atoms with Gasteiger partial charge in [0.1, 0.15) is 6.29 Å². The molecule has 1 amide bonds. The molecule has 0 radical (unpaired) electrons. The van der Waals surface area contributed by atoms with Crippen molar-refractivity contribution in [3.8, 4) is 0 Å². The van der Waals surface area contributed by atoms with Crippen molar-refractivity contribution in [3.63, 3.8) is 0 Å². The first-order valence-corrected chi connectivity index (χ1v) is 5.28. The number of anilines is 1. The lowest BCUT2D eigenvalue weighted by Gasteiger charge is -2.16. The maximum Gasteiger partial charge on any atom is 0.414 e. The molecule has 1 aromatic carbocycles. The Balaban J connectivity index is 2.26. The van der Waals surface area contributed by atoms with Gasteiger partial charge in [0.05, 0.1) is 12.3 Å². The highest BCUT2D eigenvalue weighted by molar-refractivity contribution is 5.91. The summed E-state index contributed by atoms with van der Waals surface area (Å²) < 4.78 is 4.96. The molecular formula is C12H13NO3. The lowest BCUT2D eigenvalue weighted by Crippen LogP contribution is -2.29. The van der Waals surface area contributed by atoms with Crippen molar-refractivity contribution in [3.05, 3.63) is 29.3 Å². The molecule has 0 aliphatic carbocycles. The number of carbonyl (C=O) groups is 2. The van der Waals surface area contributed by atoms with E-state index in [4.69, 9.17) is 4.74 Å². The highest BCUT2D eigenvalue weighted by atomic mass is 16.6. The summed E-state index contributed by atoms with van der Waals surface area (Å²) in [7, 11) is 0. The minimum absolute atomic E-state index is 0.319. The minimum Gasteiger partial charge on any atom is -0.449 e. The van der Waals surface area contributed by atoms with Crippen LogP contribution in [0.5, 0.6) is 0 Å². The Kier molecular flexibility index (Phi) is 2.90. The Bertz CT molecular complexity index is 428. The molecule has 1 aromatic rings. The monoisotopic (exact) mass is 219 g/mol. The highest BCUT2D eigenvalue weighted by Gasteiger charge is 2.25. The zero-order chi connectivity index (χ0) is 11.5. The first kappa shape index (κ1) is 10.7. The number of ether oxygens (including phenoxy) is 1. The summed E-state index contributed by atoms with van der Waals surface area (Å²) in [5, 5.41) is 0. The molecule has 0 aromatic heterocycles. The van der Waals surface area contributed by atoms with E-state index in [1.165, 1.54) is 0 Å². The second-order valence-electron chi connectivity index (χ2n) is 3.61. The number of fused-ring (bicyclic) bond motifs is 1. The highest BCUT2D eigenvalue weighted by Crippen LogP contribution is 2.28. The summed E-state index contributed by atoms with van der Waals surface area (Å²) in [6.07, 6.45) is 1.27. The standard InChI is InChI=1S/C12H13NO3/c1-2-16-12(15)13-6-5-10-7-9(8-14)3-4-11(10)13/h3-4,7-8H,2,5-6H2,1H3. The molecule has 1 aliphatic heterocycles. The molecule has 1 aliphatic rings. The predicted molar refractivity (Wildman–Crippen MR) is 59.9 cm³/mol. The number of carbonyl (C=O) groups excluding carboxylic acids is 2. The molecular weight excluding hydrogens is 206 g/mol. The molecule has 0 saturated carbocycles. The van der Waals surface area contributed by atoms with Gasteiger partial charge in [-0.1, -0.05) is 0 Å². The van der Waals surface area contributed by atoms with Gasteiger partial charge in [-0.2, -0.15) is 0 Å². The largest absolute Gasteiger partial charge is 0.449 e. The van der Waals surface area contributed by atoms with E-state index in [2.05, 4.69) is 0 Å². The van der Waals surface area contributed by atoms with Crippen molar-refractivity contribution >= 4 is 18.1 Å². The fourth-order valence-corrected chi connectivity index (χ4v) is 1.89. The maximum atomic E-state index is 11.6. The third-order valence-corrected chi connectivity index (χ3v) is 2.62. The fraction of sp³-hybridized carbons (Fsp3) is 0.333. The smallest absolute Gasteiger partial charge is 0.414 e. The van der Waals surface area contributed by atoms with Crippen LogP contribution in [0.25, 0.3) is 0 Å². The lowest BCUT2D eigenvalue weighted by molar-refractivity contribution is 0.112. The van der Waals surface area contributed by atoms with E-state index in [1.54, 1.807) is 24.0 Å². The average Bonchev–Trinajstić information content (AvgIpc) is 2.71. The van der Waals surface area contributed by atoms with E-state index in [9.17, 15) is 9.59 Å². The second kappa shape index (κ2) is 4.35. The van der Waals surface area contributed by atoms with Crippen LogP contribution in [0.4, 0.5) is 10.5 Å². The molecule has 0 bridgehead atoms. The molecule has 84 valence electrons. The number of benzene rings is 1. The zero-order valence-corrected chi connectivity index (χ0v) is 9.10. The SMILES string of the molecule is CCOC(=O)N1CCc2cc(C=O)ccc21. The van der Waals surface area contributed by atoms with Gasteiger partial charge in [0.25, 0.3) is 0 Å². The average molecular weight is 219 g/mol. The van der Waals surface area contributed by atoms with Crippen molar-refractivity contribution < 1.29 is 14.3 Å². The van der Waals surface area contributed by atoms with E-state index in [1.807, 2.05) is 6.07 Å². The summed E-state index contributed by atoms with van der Waals surface area (Å²) in [6.45, 7) is 2.78. The zero-order valence-electron chi connectivity index (χ0n) is 9.10. The van der Waals surface area contributed by atoms with Gasteiger partial charge in [-0.15, -0.1) is 0 Å². The minimum atomic E-state index is -0.319. The molecule has 16 heavy (non-hydrogen) atoms. The van der Waals surface area contributed by atoms with Gasteiger partial charge < -0.3 is 4.74 Å². The van der Waals surface area contributed by atoms with Gasteiger partial charge in [0.2, 0.25) is 0 Å². The number of rotatable bonds is 2. The van der Waals surface area contributed by atoms with Gasteiger partial charge in [0, 0.05) is 12.1 Å². The molecule has 0 spiro atoms. The van der Waals surface area contributed by atoms with Crippen LogP contribution in [-0.4, -0.2) is 25.5 Å². The molecule has 0 unspecified atom stereocenters. The molecule has 0 N–H and O–H groups in total. The van der Waals surface area contributed by atoms with Crippen LogP contribution in [-0.2, 0) is 11.2 Å². The van der Waals surface area contributed by atoms with Crippen LogP contribution in [0.1, 0.15) is 22.8 Å². The van der Waals surface area contributed by atoms with Crippen LogP contribution in [0.15, 0.2) is 18.2 Å². The first-order chi connectivity index (χ1) is 7.76. The summed E-state index contributed by atoms with van der Waals surface area (Å²) >= 11 is 0. The number of amides is 1. The van der Waals surface area contributed by atoms with Gasteiger partial charge in [0.15, 0.2) is 0 Å². The summed E-state index contributed by atoms with van der Waals surface area (Å²) in [5.74, 6) is 0. The Hall–Kier alpha value is -1.84. The predicted octanol–water partition coefficient (Wildman–Crippen LogP) is 2.02. The van der Waals surface area contributed by atoms with Crippen LogP contribution in [0.2, 0.25) is 0 Å². The quantitative estimate of drug-likeness (QED) is 0.715. The van der Waals surface area contributed by atoms with Crippen LogP contribution >= 0.6 is 0 Å². The van der Waals surface area contributed by atoms with E-state index in [-0.39, 0.29) is 6.09 Å². The van der Waals surface area contributed by atoms with Crippen LogP contribution in [0, 0.1) is 0 Å². The molecule has 4 heteroatoms. The molecule has 0 atom stereocenters. The Morgan fingerprint density at radius 2 is 2.38 bits per heavy atom. The number of nitrogens with zero attached hydrogens (tertiary/aromatic N) is 1. The normalized spacial score (nSPS) is 13.4. The van der Waals surface area contributed by atoms with Crippen LogP contribution < -0.4 is 4.90 Å². The summed E-state index contributed by atoms with van der Waals surface area (Å²) in [4.78, 5) is 23.8. The molecule has 1 heterocycles. The lowest BCUT2D eigenvalue weighted by atomic mass is 10.1. The van der Waals surface area contributed by atoms with Gasteiger partial charge in [-0.3, -0.25) is 9.69 Å². The second-order valence-corrected chi connectivity index (χ2v) is 3.61. The number of hydrogen-bond donors (Lipinski definition) is 0. The van der Waals surface area contributed by atoms with E-state index >= 15 is 0 Å². The summed E-state index contributed by atoms with van der Waals surface area (Å²) in [6, 6.07) is 5.33. The topological polar surface area (TPSA) is 46.6 Å². The third kappa shape index (κ3) is 1.78. The van der Waals surface area contributed by atoms with Crippen molar-refractivity contribution in [2.75, 3.05) is 18.1 Å². The number of hydrogen-bond acceptors (Lipinski definition) is 3. The van der Waals surface area contributed by atoms with Crippen molar-refractivity contribution in [1.29, 1.82) is 0 Å². The van der Waals surface area contributed by atoms with Gasteiger partial charge >= 0.3 is 6.09 Å². The van der Waals surface area contributed by atoms with Gasteiger partial charge in [-0.05, 0) is 37.1 Å². The van der Waals surface area contributed by atoms with Crippen molar-refractivity contribution in [2.45, 2.75) is 13.3 Å². The Labute approximate surface area is 93.8 Å². The molecule has 2 rings (SSSR count).